The van der Waals surface area contributed by atoms with Crippen LogP contribution in [0.1, 0.15) is 12.8 Å². The minimum Gasteiger partial charge on any atom is -0.447 e. The van der Waals surface area contributed by atoms with Crippen molar-refractivity contribution >= 4 is 29.1 Å². The van der Waals surface area contributed by atoms with Crippen LogP contribution >= 0.6 is 0 Å². The highest BCUT2D eigenvalue weighted by atomic mass is 16.6. The molecule has 158 valence electrons. The summed E-state index contributed by atoms with van der Waals surface area (Å²) in [5, 5.41) is 2.96. The van der Waals surface area contributed by atoms with Gasteiger partial charge < -0.3 is 15.0 Å². The Balaban J connectivity index is 1.21. The molecule has 0 radical (unpaired) electrons. The first kappa shape index (κ1) is 20.2. The topological polar surface area (TPSA) is 65.1 Å². The number of hydrogen-bond donors (Lipinski definition) is 1. The van der Waals surface area contributed by atoms with Crippen LogP contribution < -0.4 is 15.1 Å². The Morgan fingerprint density at radius 3 is 2.40 bits per heavy atom. The highest BCUT2D eigenvalue weighted by Crippen LogP contribution is 2.28. The van der Waals surface area contributed by atoms with E-state index < -0.39 is 0 Å². The number of benzene rings is 2. The van der Waals surface area contributed by atoms with E-state index in [1.165, 1.54) is 5.69 Å². The highest BCUT2D eigenvalue weighted by Gasteiger charge is 2.26. The Kier molecular flexibility index (Phi) is 6.49. The van der Waals surface area contributed by atoms with Crippen molar-refractivity contribution in [3.05, 3.63) is 54.6 Å². The third-order valence-corrected chi connectivity index (χ3v) is 5.60. The van der Waals surface area contributed by atoms with Crippen LogP contribution in [0.4, 0.5) is 21.9 Å². The number of ether oxygens (including phenoxy) is 1. The first-order chi connectivity index (χ1) is 14.7. The van der Waals surface area contributed by atoms with Gasteiger partial charge in [0.05, 0.1) is 17.9 Å². The van der Waals surface area contributed by atoms with Crippen molar-refractivity contribution in [2.45, 2.75) is 12.8 Å². The molecule has 0 spiro atoms. The third kappa shape index (κ3) is 4.91. The number of amides is 2. The van der Waals surface area contributed by atoms with Gasteiger partial charge in [-0.2, -0.15) is 0 Å². The van der Waals surface area contributed by atoms with Crippen LogP contribution in [0.15, 0.2) is 54.6 Å². The van der Waals surface area contributed by atoms with Crippen molar-refractivity contribution in [3.8, 4) is 0 Å². The van der Waals surface area contributed by atoms with Crippen LogP contribution in [0.2, 0.25) is 0 Å². The lowest BCUT2D eigenvalue weighted by Gasteiger charge is -2.36. The number of para-hydroxylation sites is 3. The lowest BCUT2D eigenvalue weighted by atomic mass is 10.2. The molecule has 7 nitrogen and oxygen atoms in total. The molecule has 2 amide bonds. The Hall–Kier alpha value is -3.06. The van der Waals surface area contributed by atoms with Crippen LogP contribution in [-0.4, -0.2) is 62.8 Å². The van der Waals surface area contributed by atoms with Crippen molar-refractivity contribution in [1.29, 1.82) is 0 Å². The van der Waals surface area contributed by atoms with E-state index in [1.807, 2.05) is 30.3 Å². The number of cyclic esters (lactones) is 1. The van der Waals surface area contributed by atoms with Gasteiger partial charge >= 0.3 is 6.09 Å². The van der Waals surface area contributed by atoms with E-state index in [-0.39, 0.29) is 12.0 Å². The van der Waals surface area contributed by atoms with Gasteiger partial charge in [-0.25, -0.2) is 4.79 Å². The van der Waals surface area contributed by atoms with Gasteiger partial charge in [-0.15, -0.1) is 0 Å². The van der Waals surface area contributed by atoms with Crippen molar-refractivity contribution in [2.24, 2.45) is 0 Å². The van der Waals surface area contributed by atoms with E-state index in [2.05, 4.69) is 39.4 Å². The molecule has 0 aliphatic carbocycles. The summed E-state index contributed by atoms with van der Waals surface area (Å²) in [7, 11) is 0. The predicted molar refractivity (Wildman–Crippen MR) is 118 cm³/mol. The lowest BCUT2D eigenvalue weighted by molar-refractivity contribution is -0.116. The van der Waals surface area contributed by atoms with Gasteiger partial charge in [0.25, 0.3) is 0 Å². The minimum atomic E-state index is -0.369. The molecule has 0 saturated carbocycles. The van der Waals surface area contributed by atoms with Crippen LogP contribution in [0.25, 0.3) is 0 Å². The fraction of sp³-hybridized carbons (Fsp3) is 0.391. The molecule has 0 bridgehead atoms. The molecule has 0 aromatic heterocycles. The second kappa shape index (κ2) is 9.63. The zero-order chi connectivity index (χ0) is 20.8. The molecule has 0 atom stereocenters. The summed E-state index contributed by atoms with van der Waals surface area (Å²) in [6.07, 6.45) is 0.898. The molecule has 2 saturated heterocycles. The molecular formula is C23H28N4O3. The van der Waals surface area contributed by atoms with Crippen LogP contribution in [0.3, 0.4) is 0 Å². The van der Waals surface area contributed by atoms with Crippen molar-refractivity contribution in [3.63, 3.8) is 0 Å². The van der Waals surface area contributed by atoms with E-state index in [9.17, 15) is 9.59 Å². The summed E-state index contributed by atoms with van der Waals surface area (Å²) < 4.78 is 5.01. The molecular weight excluding hydrogens is 380 g/mol. The van der Waals surface area contributed by atoms with Gasteiger partial charge in [-0.05, 0) is 37.2 Å². The summed E-state index contributed by atoms with van der Waals surface area (Å²) in [6, 6.07) is 17.9. The number of hydrogen-bond acceptors (Lipinski definition) is 5. The van der Waals surface area contributed by atoms with E-state index in [0.717, 1.165) is 39.1 Å². The van der Waals surface area contributed by atoms with Crippen LogP contribution in [0.5, 0.6) is 0 Å². The smallest absolute Gasteiger partial charge is 0.414 e. The molecule has 30 heavy (non-hydrogen) atoms. The molecule has 1 N–H and O–H groups in total. The fourth-order valence-electron chi connectivity index (χ4n) is 3.97. The van der Waals surface area contributed by atoms with Crippen molar-refractivity contribution in [1.82, 2.24) is 4.90 Å². The standard InChI is InChI=1S/C23H28N4O3/c28-22(24-20-9-4-5-10-21(20)27-17-18-30-23(27)29)11-6-12-25-13-15-26(16-14-25)19-7-2-1-3-8-19/h1-5,7-10H,6,11-18H2,(H,24,28). The third-order valence-electron chi connectivity index (χ3n) is 5.60. The van der Waals surface area contributed by atoms with Gasteiger partial charge in [-0.1, -0.05) is 30.3 Å². The number of carbonyl (C=O) groups excluding carboxylic acids is 2. The average Bonchev–Trinajstić information content (AvgIpc) is 3.21. The lowest BCUT2D eigenvalue weighted by Crippen LogP contribution is -2.46. The molecule has 2 heterocycles. The van der Waals surface area contributed by atoms with Gasteiger partial charge in [-0.3, -0.25) is 14.6 Å². The molecule has 2 aliphatic rings. The van der Waals surface area contributed by atoms with E-state index in [1.54, 1.807) is 4.90 Å². The number of anilines is 3. The number of nitrogens with one attached hydrogen (secondary N) is 1. The van der Waals surface area contributed by atoms with E-state index >= 15 is 0 Å². The molecule has 2 aliphatic heterocycles. The second-order valence-corrected chi connectivity index (χ2v) is 7.60. The Bertz CT molecular complexity index is 866. The largest absolute Gasteiger partial charge is 0.447 e. The molecule has 2 aromatic rings. The highest BCUT2D eigenvalue weighted by molar-refractivity contribution is 5.99. The average molecular weight is 409 g/mol. The maximum atomic E-state index is 12.5. The number of nitrogens with zero attached hydrogens (tertiary/aromatic N) is 3. The summed E-state index contributed by atoms with van der Waals surface area (Å²) in [5.74, 6) is -0.0297. The monoisotopic (exact) mass is 408 g/mol. The molecule has 7 heteroatoms. The maximum absolute atomic E-state index is 12.5. The van der Waals surface area contributed by atoms with Crippen molar-refractivity contribution < 1.29 is 14.3 Å². The van der Waals surface area contributed by atoms with Crippen LogP contribution in [0, 0.1) is 0 Å². The SMILES string of the molecule is O=C(CCCN1CCN(c2ccccc2)CC1)Nc1ccccc1N1CCOC1=O. The Morgan fingerprint density at radius 1 is 0.933 bits per heavy atom. The minimum absolute atomic E-state index is 0.0297. The van der Waals surface area contributed by atoms with Crippen molar-refractivity contribution in [2.75, 3.05) is 61.0 Å². The first-order valence-electron chi connectivity index (χ1n) is 10.6. The summed E-state index contributed by atoms with van der Waals surface area (Å²) in [5.41, 5.74) is 2.61. The summed E-state index contributed by atoms with van der Waals surface area (Å²) in [6.45, 7) is 5.83. The van der Waals surface area contributed by atoms with Gasteiger partial charge in [0.15, 0.2) is 0 Å². The zero-order valence-corrected chi connectivity index (χ0v) is 17.1. The summed E-state index contributed by atoms with van der Waals surface area (Å²) >= 11 is 0. The molecule has 4 rings (SSSR count). The second-order valence-electron chi connectivity index (χ2n) is 7.60. The quantitative estimate of drug-likeness (QED) is 0.762. The fourth-order valence-corrected chi connectivity index (χ4v) is 3.97. The number of rotatable bonds is 7. The maximum Gasteiger partial charge on any atom is 0.414 e. The molecule has 0 unspecified atom stereocenters. The van der Waals surface area contributed by atoms with Gasteiger partial charge in [0.1, 0.15) is 6.61 Å². The van der Waals surface area contributed by atoms with Gasteiger partial charge in [0, 0.05) is 38.3 Å². The normalized spacial score (nSPS) is 17.1. The molecule has 2 aromatic carbocycles. The molecule has 2 fully saturated rings. The van der Waals surface area contributed by atoms with E-state index in [4.69, 9.17) is 4.74 Å². The Labute approximate surface area is 177 Å². The predicted octanol–water partition coefficient (Wildman–Crippen LogP) is 3.18. The van der Waals surface area contributed by atoms with Gasteiger partial charge in [0.2, 0.25) is 5.91 Å². The Morgan fingerprint density at radius 2 is 1.67 bits per heavy atom. The zero-order valence-electron chi connectivity index (χ0n) is 17.1. The number of piperazine rings is 1. The summed E-state index contributed by atoms with van der Waals surface area (Å²) in [4.78, 5) is 30.7. The first-order valence-corrected chi connectivity index (χ1v) is 10.6. The van der Waals surface area contributed by atoms with Crippen LogP contribution in [-0.2, 0) is 9.53 Å². The van der Waals surface area contributed by atoms with E-state index in [0.29, 0.717) is 30.9 Å². The number of carbonyl (C=O) groups is 2.